The van der Waals surface area contributed by atoms with E-state index in [0.717, 1.165) is 22.5 Å². The van der Waals surface area contributed by atoms with Crippen LogP contribution in [0.4, 0.5) is 5.69 Å². The van der Waals surface area contributed by atoms with Gasteiger partial charge in [0.05, 0.1) is 5.75 Å². The number of nitrogens with two attached hydrogens (primary N) is 1. The molecule has 1 amide bonds. The standard InChI is InChI=1S/C18H19N3OS/c19-14-5-7-15(8-6-14)23-12-18(22)20-10-9-13-11-21-17-4-2-1-3-16(13)17/h1-8,11,21H,9-10,12,19H2,(H,20,22). The Bertz CT molecular complexity index is 795. The van der Waals surface area contributed by atoms with Gasteiger partial charge in [-0.05, 0) is 42.3 Å². The highest BCUT2D eigenvalue weighted by Gasteiger charge is 2.05. The van der Waals surface area contributed by atoms with Crippen LogP contribution in [0.3, 0.4) is 0 Å². The number of para-hydroxylation sites is 1. The van der Waals surface area contributed by atoms with Gasteiger partial charge < -0.3 is 16.0 Å². The van der Waals surface area contributed by atoms with Crippen LogP contribution in [0.5, 0.6) is 0 Å². The quantitative estimate of drug-likeness (QED) is 0.481. The smallest absolute Gasteiger partial charge is 0.230 e. The van der Waals surface area contributed by atoms with E-state index in [1.807, 2.05) is 42.6 Å². The van der Waals surface area contributed by atoms with E-state index < -0.39 is 0 Å². The summed E-state index contributed by atoms with van der Waals surface area (Å²) in [4.78, 5) is 16.2. The van der Waals surface area contributed by atoms with E-state index in [1.54, 1.807) is 0 Å². The van der Waals surface area contributed by atoms with Crippen LogP contribution in [0.2, 0.25) is 0 Å². The number of anilines is 1. The van der Waals surface area contributed by atoms with Gasteiger partial charge in [0.25, 0.3) is 0 Å². The number of fused-ring (bicyclic) bond motifs is 1. The molecule has 0 aliphatic heterocycles. The summed E-state index contributed by atoms with van der Waals surface area (Å²) in [6.45, 7) is 0.642. The Morgan fingerprint density at radius 1 is 1.13 bits per heavy atom. The maximum absolute atomic E-state index is 11.9. The third kappa shape index (κ3) is 4.07. The Kier molecular flexibility index (Phi) is 4.88. The normalized spacial score (nSPS) is 10.8. The molecule has 0 bridgehead atoms. The lowest BCUT2D eigenvalue weighted by Gasteiger charge is -2.05. The Labute approximate surface area is 139 Å². The summed E-state index contributed by atoms with van der Waals surface area (Å²) in [6, 6.07) is 15.7. The van der Waals surface area contributed by atoms with Crippen molar-refractivity contribution in [3.8, 4) is 0 Å². The monoisotopic (exact) mass is 325 g/mol. The number of hydrogen-bond acceptors (Lipinski definition) is 3. The van der Waals surface area contributed by atoms with E-state index in [-0.39, 0.29) is 5.91 Å². The minimum atomic E-state index is 0.0478. The van der Waals surface area contributed by atoms with Gasteiger partial charge in [-0.3, -0.25) is 4.79 Å². The first-order chi connectivity index (χ1) is 11.2. The molecule has 0 aliphatic carbocycles. The number of aromatic amines is 1. The molecule has 3 aromatic rings. The molecule has 0 unspecified atom stereocenters. The van der Waals surface area contributed by atoms with E-state index in [9.17, 15) is 4.79 Å². The summed E-state index contributed by atoms with van der Waals surface area (Å²) in [5.41, 5.74) is 8.74. The molecule has 1 aromatic heterocycles. The van der Waals surface area contributed by atoms with Gasteiger partial charge in [0.2, 0.25) is 5.91 Å². The summed E-state index contributed by atoms with van der Waals surface area (Å²) < 4.78 is 0. The van der Waals surface area contributed by atoms with Crippen molar-refractivity contribution in [1.29, 1.82) is 0 Å². The molecule has 4 N–H and O–H groups in total. The Hall–Kier alpha value is -2.40. The lowest BCUT2D eigenvalue weighted by molar-refractivity contribution is -0.118. The zero-order valence-electron chi connectivity index (χ0n) is 12.7. The molecule has 3 rings (SSSR count). The lowest BCUT2D eigenvalue weighted by atomic mass is 10.1. The topological polar surface area (TPSA) is 70.9 Å². The molecule has 0 spiro atoms. The van der Waals surface area contributed by atoms with Crippen LogP contribution >= 0.6 is 11.8 Å². The Morgan fingerprint density at radius 3 is 2.74 bits per heavy atom. The first kappa shape index (κ1) is 15.5. The number of carbonyl (C=O) groups excluding carboxylic acids is 1. The van der Waals surface area contributed by atoms with Crippen molar-refractivity contribution in [2.45, 2.75) is 11.3 Å². The van der Waals surface area contributed by atoms with Crippen LogP contribution in [0.15, 0.2) is 59.6 Å². The molecule has 0 saturated carbocycles. The molecule has 2 aromatic carbocycles. The Balaban J connectivity index is 1.45. The van der Waals surface area contributed by atoms with Crippen LogP contribution in [0.1, 0.15) is 5.56 Å². The van der Waals surface area contributed by atoms with E-state index in [0.29, 0.717) is 12.3 Å². The van der Waals surface area contributed by atoms with Crippen molar-refractivity contribution in [3.63, 3.8) is 0 Å². The second-order valence-electron chi connectivity index (χ2n) is 5.32. The van der Waals surface area contributed by atoms with Gasteiger partial charge in [-0.1, -0.05) is 18.2 Å². The highest BCUT2D eigenvalue weighted by molar-refractivity contribution is 8.00. The molecule has 118 valence electrons. The molecular formula is C18H19N3OS. The van der Waals surface area contributed by atoms with Crippen molar-refractivity contribution >= 4 is 34.3 Å². The molecule has 0 aliphatic rings. The lowest BCUT2D eigenvalue weighted by Crippen LogP contribution is -2.27. The predicted molar refractivity (Wildman–Crippen MR) is 96.6 cm³/mol. The van der Waals surface area contributed by atoms with Gasteiger partial charge in [-0.15, -0.1) is 11.8 Å². The molecular weight excluding hydrogens is 306 g/mol. The number of amides is 1. The maximum Gasteiger partial charge on any atom is 0.230 e. The van der Waals surface area contributed by atoms with Gasteiger partial charge in [0.1, 0.15) is 0 Å². The number of carbonyl (C=O) groups is 1. The van der Waals surface area contributed by atoms with Crippen LogP contribution in [0.25, 0.3) is 10.9 Å². The van der Waals surface area contributed by atoms with Crippen LogP contribution in [-0.2, 0) is 11.2 Å². The van der Waals surface area contributed by atoms with Crippen molar-refractivity contribution < 1.29 is 4.79 Å². The van der Waals surface area contributed by atoms with Crippen molar-refractivity contribution in [1.82, 2.24) is 10.3 Å². The third-order valence-corrected chi connectivity index (χ3v) is 4.65. The minimum Gasteiger partial charge on any atom is -0.399 e. The van der Waals surface area contributed by atoms with Gasteiger partial charge in [0, 0.05) is 34.2 Å². The summed E-state index contributed by atoms with van der Waals surface area (Å²) in [6.07, 6.45) is 2.84. The molecule has 23 heavy (non-hydrogen) atoms. The number of H-pyrrole nitrogens is 1. The largest absolute Gasteiger partial charge is 0.399 e. The fraction of sp³-hybridized carbons (Fsp3) is 0.167. The number of nitrogen functional groups attached to an aromatic ring is 1. The Morgan fingerprint density at radius 2 is 1.91 bits per heavy atom. The van der Waals surface area contributed by atoms with Gasteiger partial charge >= 0.3 is 0 Å². The molecule has 0 saturated heterocycles. The maximum atomic E-state index is 11.9. The molecule has 0 atom stereocenters. The van der Waals surface area contributed by atoms with Crippen LogP contribution in [-0.4, -0.2) is 23.2 Å². The average molecular weight is 325 g/mol. The summed E-state index contributed by atoms with van der Waals surface area (Å²) in [5, 5.41) is 4.19. The molecule has 0 fully saturated rings. The molecule has 4 nitrogen and oxygen atoms in total. The number of thioether (sulfide) groups is 1. The van der Waals surface area contributed by atoms with E-state index in [4.69, 9.17) is 5.73 Å². The number of hydrogen-bond donors (Lipinski definition) is 3. The number of rotatable bonds is 6. The van der Waals surface area contributed by atoms with Gasteiger partial charge in [0.15, 0.2) is 0 Å². The summed E-state index contributed by atoms with van der Waals surface area (Å²) in [7, 11) is 0. The highest BCUT2D eigenvalue weighted by atomic mass is 32.2. The predicted octanol–water partition coefficient (Wildman–Crippen LogP) is 3.20. The molecule has 5 heteroatoms. The minimum absolute atomic E-state index is 0.0478. The first-order valence-electron chi connectivity index (χ1n) is 7.52. The van der Waals surface area contributed by atoms with Crippen molar-refractivity contribution in [3.05, 3.63) is 60.3 Å². The summed E-state index contributed by atoms with van der Waals surface area (Å²) in [5.74, 6) is 0.462. The van der Waals surface area contributed by atoms with Gasteiger partial charge in [-0.25, -0.2) is 0 Å². The zero-order chi connectivity index (χ0) is 16.1. The first-order valence-corrected chi connectivity index (χ1v) is 8.51. The van der Waals surface area contributed by atoms with E-state index in [1.165, 1.54) is 22.7 Å². The zero-order valence-corrected chi connectivity index (χ0v) is 13.5. The van der Waals surface area contributed by atoms with E-state index >= 15 is 0 Å². The van der Waals surface area contributed by atoms with Crippen LogP contribution < -0.4 is 11.1 Å². The fourth-order valence-electron chi connectivity index (χ4n) is 2.44. The number of aromatic nitrogens is 1. The van der Waals surface area contributed by atoms with Crippen molar-refractivity contribution in [2.24, 2.45) is 0 Å². The molecule has 0 radical (unpaired) electrons. The van der Waals surface area contributed by atoms with Crippen molar-refractivity contribution in [2.75, 3.05) is 18.0 Å². The second-order valence-corrected chi connectivity index (χ2v) is 6.37. The summed E-state index contributed by atoms with van der Waals surface area (Å²) >= 11 is 1.51. The van der Waals surface area contributed by atoms with Crippen LogP contribution in [0, 0.1) is 0 Å². The van der Waals surface area contributed by atoms with Gasteiger partial charge in [-0.2, -0.15) is 0 Å². The number of benzene rings is 2. The fourth-order valence-corrected chi connectivity index (χ4v) is 3.17. The molecule has 1 heterocycles. The van der Waals surface area contributed by atoms with E-state index in [2.05, 4.69) is 22.4 Å². The average Bonchev–Trinajstić information content (AvgIpc) is 2.98. The second kappa shape index (κ2) is 7.24. The SMILES string of the molecule is Nc1ccc(SCC(=O)NCCc2c[nH]c3ccccc23)cc1. The highest BCUT2D eigenvalue weighted by Crippen LogP contribution is 2.19. The third-order valence-electron chi connectivity index (χ3n) is 3.64. The number of nitrogens with one attached hydrogen (secondary N) is 2.